The molecule has 0 saturated carbocycles. The van der Waals surface area contributed by atoms with E-state index in [0.717, 1.165) is 41.1 Å². The van der Waals surface area contributed by atoms with Gasteiger partial charge < -0.3 is 10.2 Å². The third-order valence-corrected chi connectivity index (χ3v) is 6.86. The van der Waals surface area contributed by atoms with Crippen LogP contribution in [0.5, 0.6) is 0 Å². The molecule has 0 radical (unpaired) electrons. The fraction of sp³-hybridized carbons (Fsp3) is 0.423. The van der Waals surface area contributed by atoms with E-state index in [-0.39, 0.29) is 5.54 Å². The number of aromatic nitrogens is 1. The van der Waals surface area contributed by atoms with E-state index < -0.39 is 0 Å². The third kappa shape index (κ3) is 3.77. The minimum absolute atomic E-state index is 0.167. The number of likely N-dealkylation sites (N-methyl/N-ethyl adjacent to an activating group) is 1. The van der Waals surface area contributed by atoms with Crippen molar-refractivity contribution in [2.75, 3.05) is 30.4 Å². The molecule has 2 heterocycles. The standard InChI is InChI=1S/C26H34N4/c1-7-21-16-30(17-26(4,5)29(21)6)22-14-12-20(13-15-22)28-25-18(2)19(3)27-24-11-9-8-10-23(24)25/h8-15,21H,7,16-17H2,1-6H3,(H,27,28). The molecule has 0 spiro atoms. The van der Waals surface area contributed by atoms with Crippen LogP contribution in [-0.4, -0.2) is 41.6 Å². The molecule has 158 valence electrons. The van der Waals surface area contributed by atoms with Crippen molar-refractivity contribution in [3.05, 3.63) is 59.8 Å². The Hall–Kier alpha value is -2.59. The van der Waals surface area contributed by atoms with Gasteiger partial charge in [0.1, 0.15) is 0 Å². The molecule has 1 atom stereocenters. The van der Waals surface area contributed by atoms with E-state index in [4.69, 9.17) is 4.98 Å². The quantitative estimate of drug-likeness (QED) is 0.588. The number of piperazine rings is 1. The molecule has 0 bridgehead atoms. The summed E-state index contributed by atoms with van der Waals surface area (Å²) in [4.78, 5) is 9.81. The van der Waals surface area contributed by atoms with Crippen molar-refractivity contribution in [1.82, 2.24) is 9.88 Å². The zero-order chi connectivity index (χ0) is 21.5. The first-order valence-electron chi connectivity index (χ1n) is 11.0. The van der Waals surface area contributed by atoms with E-state index in [9.17, 15) is 0 Å². The van der Waals surface area contributed by atoms with Gasteiger partial charge in [-0.15, -0.1) is 0 Å². The van der Waals surface area contributed by atoms with E-state index in [0.29, 0.717) is 6.04 Å². The molecule has 2 aromatic carbocycles. The molecular formula is C26H34N4. The van der Waals surface area contributed by atoms with Crippen molar-refractivity contribution in [3.63, 3.8) is 0 Å². The Kier molecular flexibility index (Phi) is 5.46. The molecule has 4 nitrogen and oxygen atoms in total. The number of hydrogen-bond donors (Lipinski definition) is 1. The van der Waals surface area contributed by atoms with Crippen LogP contribution in [0.2, 0.25) is 0 Å². The van der Waals surface area contributed by atoms with Crippen LogP contribution in [0.25, 0.3) is 10.9 Å². The number of anilines is 3. The average Bonchev–Trinajstić information content (AvgIpc) is 2.73. The highest BCUT2D eigenvalue weighted by atomic mass is 15.3. The second-order valence-corrected chi connectivity index (χ2v) is 9.25. The van der Waals surface area contributed by atoms with Gasteiger partial charge in [-0.3, -0.25) is 9.88 Å². The monoisotopic (exact) mass is 402 g/mol. The van der Waals surface area contributed by atoms with Crippen LogP contribution in [0.15, 0.2) is 48.5 Å². The van der Waals surface area contributed by atoms with Gasteiger partial charge in [-0.05, 0) is 77.1 Å². The highest BCUT2D eigenvalue weighted by molar-refractivity contribution is 5.95. The van der Waals surface area contributed by atoms with Gasteiger partial charge >= 0.3 is 0 Å². The number of nitrogens with zero attached hydrogens (tertiary/aromatic N) is 3. The number of fused-ring (bicyclic) bond motifs is 1. The largest absolute Gasteiger partial charge is 0.368 e. The lowest BCUT2D eigenvalue weighted by molar-refractivity contribution is 0.0783. The maximum Gasteiger partial charge on any atom is 0.0726 e. The molecule has 1 aliphatic rings. The van der Waals surface area contributed by atoms with Crippen molar-refractivity contribution in [2.45, 2.75) is 52.6 Å². The fourth-order valence-electron chi connectivity index (χ4n) is 4.60. The second kappa shape index (κ2) is 7.92. The summed E-state index contributed by atoms with van der Waals surface area (Å²) in [6, 6.07) is 17.8. The maximum absolute atomic E-state index is 4.74. The predicted octanol–water partition coefficient (Wildman–Crippen LogP) is 5.90. The van der Waals surface area contributed by atoms with Crippen LogP contribution >= 0.6 is 0 Å². The molecule has 0 amide bonds. The van der Waals surface area contributed by atoms with Crippen LogP contribution < -0.4 is 10.2 Å². The summed E-state index contributed by atoms with van der Waals surface area (Å²) in [6.45, 7) is 13.3. The van der Waals surface area contributed by atoms with Gasteiger partial charge in [0.15, 0.2) is 0 Å². The first kappa shape index (κ1) is 20.7. The molecule has 1 aromatic heterocycles. The molecule has 1 N–H and O–H groups in total. The summed E-state index contributed by atoms with van der Waals surface area (Å²) >= 11 is 0. The van der Waals surface area contributed by atoms with E-state index in [1.54, 1.807) is 0 Å². The lowest BCUT2D eigenvalue weighted by Crippen LogP contribution is -2.62. The molecule has 30 heavy (non-hydrogen) atoms. The zero-order valence-corrected chi connectivity index (χ0v) is 19.2. The molecule has 0 aliphatic carbocycles. The van der Waals surface area contributed by atoms with Crippen molar-refractivity contribution >= 4 is 28.0 Å². The van der Waals surface area contributed by atoms with Crippen LogP contribution in [0, 0.1) is 13.8 Å². The summed E-state index contributed by atoms with van der Waals surface area (Å²) in [5.41, 5.74) is 7.02. The van der Waals surface area contributed by atoms with Crippen molar-refractivity contribution < 1.29 is 0 Å². The summed E-state index contributed by atoms with van der Waals surface area (Å²) in [5, 5.41) is 4.83. The molecule has 3 aromatic rings. The van der Waals surface area contributed by atoms with E-state index >= 15 is 0 Å². The maximum atomic E-state index is 4.74. The number of aryl methyl sites for hydroxylation is 1. The van der Waals surface area contributed by atoms with Gasteiger partial charge in [-0.1, -0.05) is 25.1 Å². The van der Waals surface area contributed by atoms with Crippen molar-refractivity contribution in [2.24, 2.45) is 0 Å². The fourth-order valence-corrected chi connectivity index (χ4v) is 4.60. The van der Waals surface area contributed by atoms with Crippen molar-refractivity contribution in [1.29, 1.82) is 0 Å². The number of nitrogens with one attached hydrogen (secondary N) is 1. The SMILES string of the molecule is CCC1CN(c2ccc(Nc3c(C)c(C)nc4ccccc34)cc2)CC(C)(C)N1C. The number of rotatable bonds is 4. The Morgan fingerprint density at radius 1 is 1.07 bits per heavy atom. The highest BCUT2D eigenvalue weighted by Crippen LogP contribution is 2.33. The highest BCUT2D eigenvalue weighted by Gasteiger charge is 2.36. The van der Waals surface area contributed by atoms with Crippen LogP contribution in [0.1, 0.15) is 38.4 Å². The number of hydrogen-bond acceptors (Lipinski definition) is 4. The third-order valence-electron chi connectivity index (χ3n) is 6.86. The number of para-hydroxylation sites is 1. The minimum Gasteiger partial charge on any atom is -0.368 e. The lowest BCUT2D eigenvalue weighted by atomic mass is 9.94. The van der Waals surface area contributed by atoms with Gasteiger partial charge in [0.2, 0.25) is 0 Å². The molecule has 1 aliphatic heterocycles. The summed E-state index contributed by atoms with van der Waals surface area (Å²) < 4.78 is 0. The van der Waals surface area contributed by atoms with Gasteiger partial charge in [-0.25, -0.2) is 0 Å². The summed E-state index contributed by atoms with van der Waals surface area (Å²) in [5.74, 6) is 0. The van der Waals surface area contributed by atoms with E-state index in [1.807, 2.05) is 6.07 Å². The Bertz CT molecular complexity index is 1040. The Morgan fingerprint density at radius 2 is 1.77 bits per heavy atom. The molecule has 4 rings (SSSR count). The van der Waals surface area contributed by atoms with Crippen LogP contribution in [0.4, 0.5) is 17.1 Å². The van der Waals surface area contributed by atoms with Gasteiger partial charge in [0.05, 0.1) is 11.2 Å². The molecular weight excluding hydrogens is 368 g/mol. The van der Waals surface area contributed by atoms with Gasteiger partial charge in [0.25, 0.3) is 0 Å². The molecule has 4 heteroatoms. The zero-order valence-electron chi connectivity index (χ0n) is 19.2. The van der Waals surface area contributed by atoms with Crippen LogP contribution in [0.3, 0.4) is 0 Å². The summed E-state index contributed by atoms with van der Waals surface area (Å²) in [6.07, 6.45) is 1.17. The first-order chi connectivity index (χ1) is 14.3. The predicted molar refractivity (Wildman–Crippen MR) is 129 cm³/mol. The Balaban J connectivity index is 1.60. The normalized spacial score (nSPS) is 19.3. The topological polar surface area (TPSA) is 31.4 Å². The number of pyridine rings is 1. The summed E-state index contributed by atoms with van der Waals surface area (Å²) in [7, 11) is 2.27. The molecule has 1 saturated heterocycles. The van der Waals surface area contributed by atoms with Crippen molar-refractivity contribution in [3.8, 4) is 0 Å². The van der Waals surface area contributed by atoms with Crippen LogP contribution in [-0.2, 0) is 0 Å². The van der Waals surface area contributed by atoms with Gasteiger partial charge in [-0.2, -0.15) is 0 Å². The Morgan fingerprint density at radius 3 is 2.47 bits per heavy atom. The molecule has 1 unspecified atom stereocenters. The lowest BCUT2D eigenvalue weighted by Gasteiger charge is -2.51. The minimum atomic E-state index is 0.167. The molecule has 1 fully saturated rings. The number of benzene rings is 2. The second-order valence-electron chi connectivity index (χ2n) is 9.25. The van der Waals surface area contributed by atoms with E-state index in [2.05, 4.69) is 99.2 Å². The first-order valence-corrected chi connectivity index (χ1v) is 11.0. The smallest absolute Gasteiger partial charge is 0.0726 e. The Labute approximate surface area is 180 Å². The van der Waals surface area contributed by atoms with Gasteiger partial charge in [0, 0.05) is 47.1 Å². The average molecular weight is 403 g/mol. The van der Waals surface area contributed by atoms with E-state index in [1.165, 1.54) is 17.7 Å².